The Bertz CT molecular complexity index is 308. The molecule has 2 nitrogen and oxygen atoms in total. The highest BCUT2D eigenvalue weighted by molar-refractivity contribution is 5.43. The third kappa shape index (κ3) is 3.44. The predicted octanol–water partition coefficient (Wildman–Crippen LogP) is 3.83. The Morgan fingerprint density at radius 2 is 1.75 bits per heavy atom. The van der Waals surface area contributed by atoms with E-state index >= 15 is 0 Å². The van der Waals surface area contributed by atoms with Crippen LogP contribution in [0.1, 0.15) is 39.2 Å². The van der Waals surface area contributed by atoms with E-state index < -0.39 is 0 Å². The highest BCUT2D eigenvalue weighted by atomic mass is 16.6. The van der Waals surface area contributed by atoms with E-state index in [1.165, 1.54) is 18.4 Å². The molecule has 1 aromatic rings. The fourth-order valence-corrected chi connectivity index (χ4v) is 1.62. The molecule has 1 aromatic carbocycles. The number of benzene rings is 1. The zero-order valence-corrected chi connectivity index (χ0v) is 10.6. The molecule has 2 rings (SSSR count). The largest absolute Gasteiger partial charge is 0.486 e. The molecule has 0 atom stereocenters. The molecule has 0 N–H and O–H groups in total. The molecule has 0 bridgehead atoms. The van der Waals surface area contributed by atoms with Gasteiger partial charge in [0.2, 0.25) is 0 Å². The molecule has 90 valence electrons. The lowest BCUT2D eigenvalue weighted by atomic mass is 10.1. The summed E-state index contributed by atoms with van der Waals surface area (Å²) in [6.45, 7) is 7.55. The van der Waals surface area contributed by atoms with Gasteiger partial charge in [-0.2, -0.15) is 0 Å². The number of rotatable bonds is 3. The van der Waals surface area contributed by atoms with Crippen molar-refractivity contribution in [1.82, 2.24) is 0 Å². The lowest BCUT2D eigenvalue weighted by Crippen LogP contribution is -2.15. The summed E-state index contributed by atoms with van der Waals surface area (Å²) in [5.41, 5.74) is 1.34. The van der Waals surface area contributed by atoms with Gasteiger partial charge in [0, 0.05) is 0 Å². The first-order valence-corrected chi connectivity index (χ1v) is 6.28. The van der Waals surface area contributed by atoms with Crippen LogP contribution < -0.4 is 9.47 Å². The van der Waals surface area contributed by atoms with Gasteiger partial charge in [0.05, 0.1) is 0 Å². The first-order chi connectivity index (χ1) is 7.90. The molecule has 0 aromatic heterocycles. The standard InChI is InChI=1S/C12H16O2.C2H6/c1-2-3-4-10-5-6-11-12(9-10)14-8-7-13-11;1-2/h5-6,9H,2-4,7-8H2,1H3;1-2H3. The number of hydrogen-bond acceptors (Lipinski definition) is 2. The zero-order valence-electron chi connectivity index (χ0n) is 10.6. The van der Waals surface area contributed by atoms with Gasteiger partial charge in [-0.15, -0.1) is 0 Å². The van der Waals surface area contributed by atoms with E-state index in [-0.39, 0.29) is 0 Å². The third-order valence-electron chi connectivity index (χ3n) is 2.43. The summed E-state index contributed by atoms with van der Waals surface area (Å²) in [7, 11) is 0. The molecule has 0 unspecified atom stereocenters. The average molecular weight is 222 g/mol. The smallest absolute Gasteiger partial charge is 0.161 e. The highest BCUT2D eigenvalue weighted by Gasteiger charge is 2.10. The summed E-state index contributed by atoms with van der Waals surface area (Å²) in [6.07, 6.45) is 3.60. The summed E-state index contributed by atoms with van der Waals surface area (Å²) in [6, 6.07) is 6.24. The van der Waals surface area contributed by atoms with Crippen LogP contribution in [-0.2, 0) is 6.42 Å². The minimum atomic E-state index is 0.668. The zero-order chi connectivity index (χ0) is 11.8. The molecule has 2 heteroatoms. The fourth-order valence-electron chi connectivity index (χ4n) is 1.62. The minimum Gasteiger partial charge on any atom is -0.486 e. The minimum absolute atomic E-state index is 0.668. The molecule has 1 aliphatic rings. The molecule has 0 spiro atoms. The quantitative estimate of drug-likeness (QED) is 0.774. The highest BCUT2D eigenvalue weighted by Crippen LogP contribution is 2.31. The Labute approximate surface area is 98.6 Å². The summed E-state index contributed by atoms with van der Waals surface area (Å²) in [5, 5.41) is 0. The van der Waals surface area contributed by atoms with Crippen LogP contribution in [0.3, 0.4) is 0 Å². The first kappa shape index (κ1) is 12.9. The molecule has 0 saturated heterocycles. The molecule has 1 aliphatic heterocycles. The Morgan fingerprint density at radius 3 is 2.44 bits per heavy atom. The maximum absolute atomic E-state index is 5.52. The first-order valence-electron chi connectivity index (χ1n) is 6.28. The number of fused-ring (bicyclic) bond motifs is 1. The fraction of sp³-hybridized carbons (Fsp3) is 0.571. The van der Waals surface area contributed by atoms with Gasteiger partial charge in [0.25, 0.3) is 0 Å². The van der Waals surface area contributed by atoms with Crippen LogP contribution >= 0.6 is 0 Å². The van der Waals surface area contributed by atoms with E-state index in [1.54, 1.807) is 0 Å². The van der Waals surface area contributed by atoms with Crippen molar-refractivity contribution in [2.24, 2.45) is 0 Å². The van der Waals surface area contributed by atoms with Crippen molar-refractivity contribution in [3.8, 4) is 11.5 Å². The Balaban J connectivity index is 0.000000606. The molecule has 16 heavy (non-hydrogen) atoms. The van der Waals surface area contributed by atoms with Crippen LogP contribution in [-0.4, -0.2) is 13.2 Å². The van der Waals surface area contributed by atoms with E-state index in [0.717, 1.165) is 17.9 Å². The van der Waals surface area contributed by atoms with Gasteiger partial charge in [0.15, 0.2) is 11.5 Å². The van der Waals surface area contributed by atoms with E-state index in [4.69, 9.17) is 9.47 Å². The summed E-state index contributed by atoms with van der Waals surface area (Å²) >= 11 is 0. The van der Waals surface area contributed by atoms with Crippen LogP contribution in [0.25, 0.3) is 0 Å². The second-order valence-corrected chi connectivity index (χ2v) is 3.58. The van der Waals surface area contributed by atoms with Crippen molar-refractivity contribution in [2.45, 2.75) is 40.0 Å². The molecule has 0 aliphatic carbocycles. The maximum atomic E-state index is 5.52. The van der Waals surface area contributed by atoms with Gasteiger partial charge in [-0.05, 0) is 30.5 Å². The van der Waals surface area contributed by atoms with Crippen LogP contribution in [0.4, 0.5) is 0 Å². The van der Waals surface area contributed by atoms with Crippen molar-refractivity contribution in [1.29, 1.82) is 0 Å². The molecule has 0 radical (unpaired) electrons. The normalized spacial score (nSPS) is 12.7. The van der Waals surface area contributed by atoms with Gasteiger partial charge in [0.1, 0.15) is 13.2 Å². The molecule has 0 saturated carbocycles. The predicted molar refractivity (Wildman–Crippen MR) is 67.4 cm³/mol. The van der Waals surface area contributed by atoms with E-state index in [0.29, 0.717) is 13.2 Å². The summed E-state index contributed by atoms with van der Waals surface area (Å²) in [5.74, 6) is 1.79. The van der Waals surface area contributed by atoms with Gasteiger partial charge in [-0.3, -0.25) is 0 Å². The molecular formula is C14H22O2. The summed E-state index contributed by atoms with van der Waals surface area (Å²) < 4.78 is 11.0. The van der Waals surface area contributed by atoms with Crippen molar-refractivity contribution >= 4 is 0 Å². The number of ether oxygens (including phenoxy) is 2. The second kappa shape index (κ2) is 7.15. The number of unbranched alkanes of at least 4 members (excludes halogenated alkanes) is 1. The van der Waals surface area contributed by atoms with Crippen molar-refractivity contribution in [2.75, 3.05) is 13.2 Å². The van der Waals surface area contributed by atoms with Crippen LogP contribution in [0.15, 0.2) is 18.2 Å². The lowest BCUT2D eigenvalue weighted by Gasteiger charge is -2.18. The molecule has 1 heterocycles. The maximum Gasteiger partial charge on any atom is 0.161 e. The monoisotopic (exact) mass is 222 g/mol. The van der Waals surface area contributed by atoms with Gasteiger partial charge < -0.3 is 9.47 Å². The third-order valence-corrected chi connectivity index (χ3v) is 2.43. The topological polar surface area (TPSA) is 18.5 Å². The summed E-state index contributed by atoms with van der Waals surface area (Å²) in [4.78, 5) is 0. The number of hydrogen-bond donors (Lipinski definition) is 0. The second-order valence-electron chi connectivity index (χ2n) is 3.58. The Hall–Kier alpha value is -1.18. The van der Waals surface area contributed by atoms with Gasteiger partial charge >= 0.3 is 0 Å². The van der Waals surface area contributed by atoms with Crippen LogP contribution in [0, 0.1) is 0 Å². The van der Waals surface area contributed by atoms with Gasteiger partial charge in [-0.1, -0.05) is 33.3 Å². The molecule has 0 amide bonds. The van der Waals surface area contributed by atoms with Crippen molar-refractivity contribution < 1.29 is 9.47 Å². The van der Waals surface area contributed by atoms with Gasteiger partial charge in [-0.25, -0.2) is 0 Å². The van der Waals surface area contributed by atoms with E-state index in [2.05, 4.69) is 19.1 Å². The van der Waals surface area contributed by atoms with E-state index in [1.807, 2.05) is 19.9 Å². The Kier molecular flexibility index (Phi) is 5.76. The Morgan fingerprint density at radius 1 is 1.06 bits per heavy atom. The van der Waals surface area contributed by atoms with E-state index in [9.17, 15) is 0 Å². The van der Waals surface area contributed by atoms with Crippen LogP contribution in [0.2, 0.25) is 0 Å². The van der Waals surface area contributed by atoms with Crippen molar-refractivity contribution in [3.05, 3.63) is 23.8 Å². The lowest BCUT2D eigenvalue weighted by molar-refractivity contribution is 0.171. The number of aryl methyl sites for hydroxylation is 1. The van der Waals surface area contributed by atoms with Crippen molar-refractivity contribution in [3.63, 3.8) is 0 Å². The SMILES string of the molecule is CC.CCCCc1ccc2c(c1)OCCO2. The molecule has 0 fully saturated rings. The van der Waals surface area contributed by atoms with Crippen LogP contribution in [0.5, 0.6) is 11.5 Å². The average Bonchev–Trinajstić information content (AvgIpc) is 2.38. The molecular weight excluding hydrogens is 200 g/mol.